The monoisotopic (exact) mass is 322 g/mol. The minimum absolute atomic E-state index is 0.0175. The summed E-state index contributed by atoms with van der Waals surface area (Å²) in [4.78, 5) is 14.0. The average Bonchev–Trinajstić information content (AvgIpc) is 2.53. The third kappa shape index (κ3) is 3.59. The molecule has 0 aliphatic rings. The van der Waals surface area contributed by atoms with E-state index in [-0.39, 0.29) is 18.1 Å². The van der Waals surface area contributed by atoms with E-state index in [1.165, 1.54) is 13.2 Å². The number of hydrogen-bond acceptors (Lipinski definition) is 6. The Morgan fingerprint density at radius 2 is 1.86 bits per heavy atom. The molecule has 0 fully saturated rings. The van der Waals surface area contributed by atoms with E-state index < -0.39 is 25.5 Å². The number of nitro groups is 1. The fraction of sp³-hybridized carbons (Fsp3) is 0.214. The van der Waals surface area contributed by atoms with Crippen molar-refractivity contribution in [2.45, 2.75) is 11.4 Å². The molecule has 0 radical (unpaired) electrons. The number of methoxy groups -OCH3 is 1. The van der Waals surface area contributed by atoms with E-state index in [1.54, 1.807) is 24.3 Å². The molecule has 2 aromatic rings. The number of benzene rings is 1. The van der Waals surface area contributed by atoms with Gasteiger partial charge >= 0.3 is 5.69 Å². The molecule has 8 heteroatoms. The number of hydrogen-bond donors (Lipinski definition) is 0. The van der Waals surface area contributed by atoms with Crippen molar-refractivity contribution in [3.05, 3.63) is 58.1 Å². The smallest absolute Gasteiger partial charge is 0.306 e. The fourth-order valence-corrected chi connectivity index (χ4v) is 3.28. The van der Waals surface area contributed by atoms with Crippen molar-refractivity contribution in [2.24, 2.45) is 0 Å². The Morgan fingerprint density at radius 3 is 2.45 bits per heavy atom. The topological polar surface area (TPSA) is 99.4 Å². The quantitative estimate of drug-likeness (QED) is 0.596. The Labute approximate surface area is 127 Å². The minimum atomic E-state index is -3.90. The van der Waals surface area contributed by atoms with Crippen LogP contribution in [0.2, 0.25) is 0 Å². The third-order valence-corrected chi connectivity index (χ3v) is 4.65. The number of aryl methyl sites for hydroxylation is 1. The molecule has 1 heterocycles. The van der Waals surface area contributed by atoms with Crippen LogP contribution in [0.4, 0.5) is 5.69 Å². The summed E-state index contributed by atoms with van der Waals surface area (Å²) < 4.78 is 29.6. The van der Waals surface area contributed by atoms with Gasteiger partial charge in [0, 0.05) is 12.1 Å². The molecule has 22 heavy (non-hydrogen) atoms. The maximum Gasteiger partial charge on any atom is 0.306 e. The van der Waals surface area contributed by atoms with Crippen molar-refractivity contribution in [3.63, 3.8) is 0 Å². The molecule has 0 aliphatic carbocycles. The number of rotatable bonds is 6. The molecule has 0 aliphatic heterocycles. The molecule has 1 aromatic heterocycles. The predicted molar refractivity (Wildman–Crippen MR) is 79.6 cm³/mol. The molecule has 0 amide bonds. The molecule has 0 saturated carbocycles. The Morgan fingerprint density at radius 1 is 1.18 bits per heavy atom. The van der Waals surface area contributed by atoms with Crippen LogP contribution in [0.1, 0.15) is 5.56 Å². The first-order chi connectivity index (χ1) is 10.4. The van der Waals surface area contributed by atoms with Crippen LogP contribution in [0.25, 0.3) is 0 Å². The van der Waals surface area contributed by atoms with Crippen molar-refractivity contribution in [3.8, 4) is 5.88 Å². The molecule has 0 bridgehead atoms. The number of sulfone groups is 1. The van der Waals surface area contributed by atoms with E-state index in [9.17, 15) is 18.5 Å². The van der Waals surface area contributed by atoms with E-state index in [1.807, 2.05) is 6.07 Å². The zero-order chi connectivity index (χ0) is 16.2. The number of pyridine rings is 1. The van der Waals surface area contributed by atoms with Crippen molar-refractivity contribution in [1.82, 2.24) is 4.98 Å². The van der Waals surface area contributed by atoms with E-state index in [0.29, 0.717) is 0 Å². The Balaban J connectivity index is 2.33. The Bertz CT molecular complexity index is 775. The molecule has 0 spiro atoms. The lowest BCUT2D eigenvalue weighted by atomic mass is 10.2. The molecule has 116 valence electrons. The van der Waals surface area contributed by atoms with Gasteiger partial charge in [0.1, 0.15) is 0 Å². The minimum Gasteiger partial charge on any atom is -0.481 e. The van der Waals surface area contributed by atoms with Crippen LogP contribution in [-0.4, -0.2) is 31.2 Å². The molecule has 1 aromatic carbocycles. The van der Waals surface area contributed by atoms with Gasteiger partial charge in [-0.25, -0.2) is 8.42 Å². The summed E-state index contributed by atoms with van der Waals surface area (Å²) in [5.41, 5.74) is 0.283. The van der Waals surface area contributed by atoms with Crippen LogP contribution in [0, 0.1) is 10.1 Å². The largest absolute Gasteiger partial charge is 0.481 e. The summed E-state index contributed by atoms with van der Waals surface area (Å²) in [5, 5.41) is 10.4. The molecule has 0 N–H and O–H groups in total. The van der Waals surface area contributed by atoms with Crippen LogP contribution >= 0.6 is 0 Å². The van der Waals surface area contributed by atoms with Crippen molar-refractivity contribution in [2.75, 3.05) is 12.9 Å². The lowest BCUT2D eigenvalue weighted by Crippen LogP contribution is -2.13. The lowest BCUT2D eigenvalue weighted by molar-refractivity contribution is -0.388. The summed E-state index contributed by atoms with van der Waals surface area (Å²) in [6.07, 6.45) is 0.249. The van der Waals surface area contributed by atoms with Gasteiger partial charge in [-0.15, -0.1) is 0 Å². The van der Waals surface area contributed by atoms with Crippen LogP contribution < -0.4 is 4.74 Å². The van der Waals surface area contributed by atoms with Crippen LogP contribution in [-0.2, 0) is 16.3 Å². The van der Waals surface area contributed by atoms with E-state index in [0.717, 1.165) is 11.6 Å². The second kappa shape index (κ2) is 6.52. The first-order valence-corrected chi connectivity index (χ1v) is 8.05. The van der Waals surface area contributed by atoms with E-state index in [4.69, 9.17) is 4.74 Å². The number of ether oxygens (including phenoxy) is 1. The van der Waals surface area contributed by atoms with Gasteiger partial charge in [-0.2, -0.15) is 4.98 Å². The summed E-state index contributed by atoms with van der Waals surface area (Å²) >= 11 is 0. The summed E-state index contributed by atoms with van der Waals surface area (Å²) in [6.45, 7) is 0. The highest BCUT2D eigenvalue weighted by molar-refractivity contribution is 7.91. The van der Waals surface area contributed by atoms with Gasteiger partial charge in [0.05, 0.1) is 17.8 Å². The molecular weight excluding hydrogens is 308 g/mol. The molecular formula is C14H14N2O5S. The SMILES string of the molecule is COc1ccc([N+](=O)[O-])c(S(=O)(=O)CCc2ccccc2)n1. The molecule has 0 unspecified atom stereocenters. The summed E-state index contributed by atoms with van der Waals surface area (Å²) in [6, 6.07) is 11.4. The van der Waals surface area contributed by atoms with Gasteiger partial charge < -0.3 is 4.74 Å². The summed E-state index contributed by atoms with van der Waals surface area (Å²) in [7, 11) is -2.59. The average molecular weight is 322 g/mol. The first-order valence-electron chi connectivity index (χ1n) is 6.40. The number of aromatic nitrogens is 1. The van der Waals surface area contributed by atoms with Gasteiger partial charge in [-0.05, 0) is 12.0 Å². The van der Waals surface area contributed by atoms with Gasteiger partial charge in [-0.3, -0.25) is 10.1 Å². The third-order valence-electron chi connectivity index (χ3n) is 3.02. The highest BCUT2D eigenvalue weighted by Crippen LogP contribution is 2.25. The zero-order valence-electron chi connectivity index (χ0n) is 11.8. The second-order valence-electron chi connectivity index (χ2n) is 4.49. The lowest BCUT2D eigenvalue weighted by Gasteiger charge is -2.06. The zero-order valence-corrected chi connectivity index (χ0v) is 12.6. The highest BCUT2D eigenvalue weighted by atomic mass is 32.2. The summed E-state index contributed by atoms with van der Waals surface area (Å²) in [5.74, 6) is -0.248. The van der Waals surface area contributed by atoms with Crippen LogP contribution in [0.3, 0.4) is 0 Å². The fourth-order valence-electron chi connectivity index (χ4n) is 1.89. The van der Waals surface area contributed by atoms with Crippen molar-refractivity contribution in [1.29, 1.82) is 0 Å². The van der Waals surface area contributed by atoms with Gasteiger partial charge in [0.15, 0.2) is 0 Å². The van der Waals surface area contributed by atoms with Gasteiger partial charge in [-0.1, -0.05) is 30.3 Å². The first kappa shape index (κ1) is 15.9. The number of nitrogens with zero attached hydrogens (tertiary/aromatic N) is 2. The van der Waals surface area contributed by atoms with E-state index in [2.05, 4.69) is 4.98 Å². The van der Waals surface area contributed by atoms with Crippen molar-refractivity contribution >= 4 is 15.5 Å². The van der Waals surface area contributed by atoms with Crippen LogP contribution in [0.5, 0.6) is 5.88 Å². The predicted octanol–water partition coefficient (Wildman–Crippen LogP) is 2.01. The standard InChI is InChI=1S/C14H14N2O5S/c1-21-13-8-7-12(16(17)18)14(15-13)22(19,20)10-9-11-5-3-2-4-6-11/h2-8H,9-10H2,1H3. The Hall–Kier alpha value is -2.48. The second-order valence-corrected chi connectivity index (χ2v) is 6.51. The Kier molecular flexibility index (Phi) is 4.71. The highest BCUT2D eigenvalue weighted by Gasteiger charge is 2.28. The van der Waals surface area contributed by atoms with Gasteiger partial charge in [0.2, 0.25) is 20.7 Å². The van der Waals surface area contributed by atoms with Crippen molar-refractivity contribution < 1.29 is 18.1 Å². The maximum atomic E-state index is 12.4. The van der Waals surface area contributed by atoms with Gasteiger partial charge in [0.25, 0.3) is 0 Å². The molecule has 0 saturated heterocycles. The van der Waals surface area contributed by atoms with E-state index >= 15 is 0 Å². The maximum absolute atomic E-state index is 12.4. The molecule has 7 nitrogen and oxygen atoms in total. The van der Waals surface area contributed by atoms with Crippen LogP contribution in [0.15, 0.2) is 47.5 Å². The molecule has 2 rings (SSSR count). The molecule has 0 atom stereocenters. The normalized spacial score (nSPS) is 11.1.